The van der Waals surface area contributed by atoms with Gasteiger partial charge in [-0.05, 0) is 0 Å². The number of benzene rings is 1. The van der Waals surface area contributed by atoms with Crippen molar-refractivity contribution in [3.63, 3.8) is 0 Å². The molecular weight excluding hydrogens is 407 g/mol. The van der Waals surface area contributed by atoms with Crippen LogP contribution in [-0.2, 0) is 14.3 Å². The third-order valence-electron chi connectivity index (χ3n) is 3.88. The molecule has 0 bridgehead atoms. The minimum atomic E-state index is -1.11. The second-order valence-corrected chi connectivity index (χ2v) is 9.25. The molecule has 9 heteroatoms. The zero-order valence-electron chi connectivity index (χ0n) is 15.1. The fraction of sp³-hybridized carbons (Fsp3) is 0.529. The van der Waals surface area contributed by atoms with Crippen LogP contribution in [0.25, 0.3) is 0 Å². The zero-order chi connectivity index (χ0) is 19.5. The van der Waals surface area contributed by atoms with Gasteiger partial charge in [-0.2, -0.15) is 0 Å². The molecule has 1 amide bonds. The number of methoxy groups -OCH3 is 1. The summed E-state index contributed by atoms with van der Waals surface area (Å²) in [4.78, 5) is 35.0. The van der Waals surface area contributed by atoms with Crippen LogP contribution in [0.3, 0.4) is 0 Å². The van der Waals surface area contributed by atoms with Gasteiger partial charge in [0, 0.05) is 0 Å². The Morgan fingerprint density at radius 2 is 2.04 bits per heavy atom. The van der Waals surface area contributed by atoms with Crippen molar-refractivity contribution < 1.29 is 24.0 Å². The summed E-state index contributed by atoms with van der Waals surface area (Å²) in [5.74, 6) is -0.658. The molecule has 0 heterocycles. The van der Waals surface area contributed by atoms with E-state index in [9.17, 15) is 19.7 Å². The van der Waals surface area contributed by atoms with Gasteiger partial charge in [-0.15, -0.1) is 0 Å². The van der Waals surface area contributed by atoms with Gasteiger partial charge in [0.25, 0.3) is 0 Å². The third kappa shape index (κ3) is 4.74. The Morgan fingerprint density at radius 3 is 2.62 bits per heavy atom. The number of nitro benzene ring substituents is 1. The molecule has 1 aromatic carbocycles. The van der Waals surface area contributed by atoms with E-state index < -0.39 is 28.1 Å². The number of ether oxygens (including phenoxy) is 2. The average Bonchev–Trinajstić information content (AvgIpc) is 3.24. The van der Waals surface area contributed by atoms with E-state index in [1.807, 2.05) is 0 Å². The molecule has 0 aliphatic heterocycles. The first-order valence-electron chi connectivity index (χ1n) is 8.05. The van der Waals surface area contributed by atoms with Crippen LogP contribution in [0.1, 0.15) is 27.2 Å². The molecule has 0 saturated heterocycles. The summed E-state index contributed by atoms with van der Waals surface area (Å²) in [6, 6.07) is 6.57. The maximum absolute atomic E-state index is 12.2. The van der Waals surface area contributed by atoms with Gasteiger partial charge in [0.05, 0.1) is 0 Å². The predicted octanol–water partition coefficient (Wildman–Crippen LogP) is 1.80. The summed E-state index contributed by atoms with van der Waals surface area (Å²) >= 11 is -0.209. The SMILES string of the molecule is COC(=O)C1(NC(=O)OC(C)(C)C)CC1C[Se]c1ccccc1[N+](=O)[O-]. The molecular formula is C17H22N2O6Se. The van der Waals surface area contributed by atoms with Gasteiger partial charge in [-0.1, -0.05) is 0 Å². The number of carbonyl (C=O) groups is 2. The van der Waals surface area contributed by atoms with E-state index in [1.165, 1.54) is 13.2 Å². The van der Waals surface area contributed by atoms with Crippen LogP contribution < -0.4 is 9.78 Å². The van der Waals surface area contributed by atoms with Gasteiger partial charge < -0.3 is 0 Å². The van der Waals surface area contributed by atoms with Crippen molar-refractivity contribution in [1.29, 1.82) is 0 Å². The first kappa shape index (κ1) is 20.2. The maximum atomic E-state index is 12.2. The van der Waals surface area contributed by atoms with Crippen LogP contribution in [0.5, 0.6) is 0 Å². The third-order valence-corrected chi connectivity index (χ3v) is 6.45. The molecule has 1 aliphatic carbocycles. The van der Waals surface area contributed by atoms with E-state index in [0.717, 1.165) is 0 Å². The van der Waals surface area contributed by atoms with Crippen molar-refractivity contribution in [2.45, 2.75) is 43.7 Å². The molecule has 2 unspecified atom stereocenters. The Balaban J connectivity index is 2.05. The Kier molecular flexibility index (Phi) is 5.93. The first-order valence-corrected chi connectivity index (χ1v) is 10.1. The number of nitrogens with one attached hydrogen (secondary N) is 1. The fourth-order valence-corrected chi connectivity index (χ4v) is 5.19. The van der Waals surface area contributed by atoms with E-state index in [2.05, 4.69) is 5.32 Å². The van der Waals surface area contributed by atoms with Crippen molar-refractivity contribution >= 4 is 37.2 Å². The molecule has 2 atom stereocenters. The van der Waals surface area contributed by atoms with Gasteiger partial charge in [0.1, 0.15) is 0 Å². The van der Waals surface area contributed by atoms with Crippen molar-refractivity contribution in [2.75, 3.05) is 7.11 Å². The second kappa shape index (κ2) is 7.63. The van der Waals surface area contributed by atoms with Crippen LogP contribution in [0.4, 0.5) is 10.5 Å². The average molecular weight is 429 g/mol. The number of esters is 1. The molecule has 0 spiro atoms. The fourth-order valence-electron chi connectivity index (χ4n) is 2.57. The van der Waals surface area contributed by atoms with Gasteiger partial charge in [0.2, 0.25) is 0 Å². The number of amides is 1. The number of hydrogen-bond donors (Lipinski definition) is 1. The summed E-state index contributed by atoms with van der Waals surface area (Å²) in [5, 5.41) is 14.3. The predicted molar refractivity (Wildman–Crippen MR) is 95.5 cm³/mol. The molecule has 1 aromatic rings. The molecule has 1 fully saturated rings. The van der Waals surface area contributed by atoms with E-state index in [1.54, 1.807) is 39.0 Å². The molecule has 26 heavy (non-hydrogen) atoms. The first-order chi connectivity index (χ1) is 12.1. The molecule has 8 nitrogen and oxygen atoms in total. The van der Waals surface area contributed by atoms with E-state index in [4.69, 9.17) is 9.47 Å². The minimum absolute atomic E-state index is 0.0805. The number of carbonyl (C=O) groups excluding carboxylic acids is 2. The van der Waals surface area contributed by atoms with E-state index >= 15 is 0 Å². The summed E-state index contributed by atoms with van der Waals surface area (Å²) < 4.78 is 10.7. The molecule has 1 N–H and O–H groups in total. The summed E-state index contributed by atoms with van der Waals surface area (Å²) in [6.45, 7) is 5.21. The summed E-state index contributed by atoms with van der Waals surface area (Å²) in [7, 11) is 1.27. The standard InChI is InChI=1S/C17H22N2O6Se/c1-16(2,3)25-15(21)18-17(14(20)24-4)9-11(17)10-26-13-8-6-5-7-12(13)19(22)23/h5-8,11H,9-10H2,1-4H3,(H,18,21). The van der Waals surface area contributed by atoms with Crippen LogP contribution in [0, 0.1) is 16.0 Å². The number of nitrogens with zero attached hydrogens (tertiary/aromatic N) is 1. The summed E-state index contributed by atoms with van der Waals surface area (Å²) in [6.07, 6.45) is -0.245. The normalized spacial score (nSPS) is 21.6. The number of para-hydroxylation sites is 1. The van der Waals surface area contributed by atoms with E-state index in [-0.39, 0.29) is 26.6 Å². The molecule has 0 radical (unpaired) electrons. The molecule has 2 rings (SSSR count). The number of rotatable bonds is 6. The monoisotopic (exact) mass is 430 g/mol. The van der Waals surface area contributed by atoms with Crippen LogP contribution in [-0.4, -0.2) is 50.2 Å². The van der Waals surface area contributed by atoms with Crippen molar-refractivity contribution in [1.82, 2.24) is 5.32 Å². The molecule has 0 aromatic heterocycles. The molecule has 1 saturated carbocycles. The number of hydrogen-bond acceptors (Lipinski definition) is 6. The van der Waals surface area contributed by atoms with Gasteiger partial charge in [-0.3, -0.25) is 0 Å². The van der Waals surface area contributed by atoms with Crippen LogP contribution >= 0.6 is 0 Å². The Hall–Kier alpha value is -2.12. The zero-order valence-corrected chi connectivity index (χ0v) is 16.8. The number of nitro groups is 1. The van der Waals surface area contributed by atoms with Crippen LogP contribution in [0.15, 0.2) is 24.3 Å². The Morgan fingerprint density at radius 1 is 1.38 bits per heavy atom. The van der Waals surface area contributed by atoms with Crippen LogP contribution in [0.2, 0.25) is 5.32 Å². The van der Waals surface area contributed by atoms with Crippen molar-refractivity contribution in [3.8, 4) is 0 Å². The Labute approximate surface area is 157 Å². The van der Waals surface area contributed by atoms with Gasteiger partial charge in [0.15, 0.2) is 0 Å². The van der Waals surface area contributed by atoms with Crippen molar-refractivity contribution in [2.24, 2.45) is 5.92 Å². The van der Waals surface area contributed by atoms with Gasteiger partial charge in [-0.25, -0.2) is 0 Å². The summed E-state index contributed by atoms with van der Waals surface area (Å²) in [5.41, 5.74) is -1.71. The van der Waals surface area contributed by atoms with E-state index in [0.29, 0.717) is 16.2 Å². The molecule has 1 aliphatic rings. The Bertz CT molecular complexity index is 717. The quantitative estimate of drug-likeness (QED) is 0.320. The van der Waals surface area contributed by atoms with Crippen molar-refractivity contribution in [3.05, 3.63) is 34.4 Å². The molecule has 142 valence electrons. The van der Waals surface area contributed by atoms with Gasteiger partial charge >= 0.3 is 158 Å². The second-order valence-electron chi connectivity index (χ2n) is 7.03. The number of alkyl carbamates (subject to hydrolysis) is 1. The topological polar surface area (TPSA) is 108 Å².